The quantitative estimate of drug-likeness (QED) is 0.881. The fourth-order valence-electron chi connectivity index (χ4n) is 4.56. The highest BCUT2D eigenvalue weighted by atomic mass is 16.5. The number of amides is 1. The van der Waals surface area contributed by atoms with E-state index in [1.54, 1.807) is 12.1 Å². The van der Waals surface area contributed by atoms with Crippen LogP contribution in [-0.4, -0.2) is 62.4 Å². The van der Waals surface area contributed by atoms with Gasteiger partial charge in [-0.2, -0.15) is 0 Å². The van der Waals surface area contributed by atoms with Crippen molar-refractivity contribution < 1.29 is 18.7 Å². The normalized spacial score (nSPS) is 31.0. The Kier molecular flexibility index (Phi) is 5.39. The van der Waals surface area contributed by atoms with E-state index in [0.29, 0.717) is 24.3 Å². The Labute approximate surface area is 148 Å². The number of hydrogen-bond donors (Lipinski definition) is 1. The number of ether oxygens (including phenoxy) is 2. The minimum atomic E-state index is -0.136. The number of nitrogens with zero attached hydrogens (tertiary/aromatic N) is 1. The van der Waals surface area contributed by atoms with Crippen molar-refractivity contribution in [1.29, 1.82) is 0 Å². The molecule has 3 atom stereocenters. The van der Waals surface area contributed by atoms with Crippen LogP contribution in [0.5, 0.6) is 0 Å². The molecule has 3 unspecified atom stereocenters. The molecule has 3 heterocycles. The Balaban J connectivity index is 1.30. The standard InChI is InChI=1S/C19H28N2O4/c22-19(17-2-1-8-24-17)20-12-15-3-4-16-18(15)25-11-7-21(16)13-14-5-9-23-10-6-14/h1-2,8,14-16,18H,3-7,9-13H2,(H,20,22). The van der Waals surface area contributed by atoms with Crippen LogP contribution in [-0.2, 0) is 9.47 Å². The van der Waals surface area contributed by atoms with Gasteiger partial charge >= 0.3 is 0 Å². The second-order valence-electron chi connectivity index (χ2n) is 7.48. The highest BCUT2D eigenvalue weighted by Crippen LogP contribution is 2.35. The van der Waals surface area contributed by atoms with Gasteiger partial charge in [0, 0.05) is 44.8 Å². The zero-order chi connectivity index (χ0) is 17.1. The first-order chi connectivity index (χ1) is 12.3. The number of morpholine rings is 1. The molecule has 1 N–H and O–H groups in total. The lowest BCUT2D eigenvalue weighted by molar-refractivity contribution is -0.0809. The van der Waals surface area contributed by atoms with Gasteiger partial charge in [-0.1, -0.05) is 0 Å². The summed E-state index contributed by atoms with van der Waals surface area (Å²) in [6, 6.07) is 3.93. The van der Waals surface area contributed by atoms with Gasteiger partial charge < -0.3 is 19.2 Å². The number of carbonyl (C=O) groups is 1. The number of fused-ring (bicyclic) bond motifs is 1. The van der Waals surface area contributed by atoms with E-state index in [2.05, 4.69) is 10.2 Å². The first-order valence-electron chi connectivity index (χ1n) is 9.56. The van der Waals surface area contributed by atoms with Gasteiger partial charge in [-0.25, -0.2) is 0 Å². The van der Waals surface area contributed by atoms with Crippen molar-refractivity contribution in [3.05, 3.63) is 24.2 Å². The molecule has 1 aromatic rings. The molecular formula is C19H28N2O4. The largest absolute Gasteiger partial charge is 0.459 e. The van der Waals surface area contributed by atoms with E-state index in [9.17, 15) is 4.79 Å². The molecule has 0 bridgehead atoms. The van der Waals surface area contributed by atoms with E-state index in [-0.39, 0.29) is 12.0 Å². The average Bonchev–Trinajstić information content (AvgIpc) is 3.31. The third-order valence-corrected chi connectivity index (χ3v) is 5.94. The van der Waals surface area contributed by atoms with E-state index in [1.807, 2.05) is 0 Å². The molecule has 1 aliphatic carbocycles. The van der Waals surface area contributed by atoms with E-state index in [1.165, 1.54) is 25.6 Å². The van der Waals surface area contributed by atoms with Crippen LogP contribution >= 0.6 is 0 Å². The Hall–Kier alpha value is -1.37. The molecule has 4 rings (SSSR count). The molecule has 1 saturated carbocycles. The van der Waals surface area contributed by atoms with E-state index < -0.39 is 0 Å². The molecule has 2 aliphatic heterocycles. The van der Waals surface area contributed by atoms with Crippen LogP contribution in [0.1, 0.15) is 36.2 Å². The summed E-state index contributed by atoms with van der Waals surface area (Å²) in [6.45, 7) is 5.47. The van der Waals surface area contributed by atoms with Crippen molar-refractivity contribution in [3.63, 3.8) is 0 Å². The Morgan fingerprint density at radius 3 is 2.88 bits per heavy atom. The Morgan fingerprint density at radius 2 is 2.08 bits per heavy atom. The minimum Gasteiger partial charge on any atom is -0.459 e. The summed E-state index contributed by atoms with van der Waals surface area (Å²) in [6.07, 6.45) is 6.39. The van der Waals surface area contributed by atoms with Gasteiger partial charge in [0.15, 0.2) is 5.76 Å². The van der Waals surface area contributed by atoms with Crippen LogP contribution in [0.3, 0.4) is 0 Å². The predicted molar refractivity (Wildman–Crippen MR) is 92.4 cm³/mol. The maximum atomic E-state index is 12.1. The summed E-state index contributed by atoms with van der Waals surface area (Å²) in [5, 5.41) is 3.01. The second-order valence-corrected chi connectivity index (χ2v) is 7.48. The van der Waals surface area contributed by atoms with E-state index in [0.717, 1.165) is 45.1 Å². The molecule has 6 nitrogen and oxygen atoms in total. The lowest BCUT2D eigenvalue weighted by Crippen LogP contribution is -2.52. The number of furan rings is 1. The van der Waals surface area contributed by atoms with Crippen molar-refractivity contribution in [1.82, 2.24) is 10.2 Å². The molecule has 0 spiro atoms. The summed E-state index contributed by atoms with van der Waals surface area (Å²) in [4.78, 5) is 14.7. The number of nitrogens with one attached hydrogen (secondary N) is 1. The molecule has 25 heavy (non-hydrogen) atoms. The van der Waals surface area contributed by atoms with Gasteiger partial charge in [0.1, 0.15) is 0 Å². The third-order valence-electron chi connectivity index (χ3n) is 5.94. The molecule has 0 aromatic carbocycles. The van der Waals surface area contributed by atoms with Crippen molar-refractivity contribution in [3.8, 4) is 0 Å². The SMILES string of the molecule is O=C(NCC1CCC2C1OCCN2CC1CCOCC1)c1ccco1. The van der Waals surface area contributed by atoms with Gasteiger partial charge in [0.05, 0.1) is 19.0 Å². The van der Waals surface area contributed by atoms with Gasteiger partial charge in [0.2, 0.25) is 0 Å². The van der Waals surface area contributed by atoms with Crippen LogP contribution in [0.15, 0.2) is 22.8 Å². The van der Waals surface area contributed by atoms with Crippen LogP contribution in [0.4, 0.5) is 0 Å². The molecule has 1 aromatic heterocycles. The van der Waals surface area contributed by atoms with Gasteiger partial charge in [-0.15, -0.1) is 0 Å². The second kappa shape index (κ2) is 7.89. The topological polar surface area (TPSA) is 63.9 Å². The zero-order valence-corrected chi connectivity index (χ0v) is 14.7. The maximum absolute atomic E-state index is 12.1. The van der Waals surface area contributed by atoms with Crippen molar-refractivity contribution in [2.45, 2.75) is 37.8 Å². The van der Waals surface area contributed by atoms with Gasteiger partial charge in [0.25, 0.3) is 5.91 Å². The fourth-order valence-corrected chi connectivity index (χ4v) is 4.56. The number of rotatable bonds is 5. The first-order valence-corrected chi connectivity index (χ1v) is 9.56. The molecule has 2 saturated heterocycles. The first kappa shape index (κ1) is 17.1. The minimum absolute atomic E-state index is 0.136. The zero-order valence-electron chi connectivity index (χ0n) is 14.7. The van der Waals surface area contributed by atoms with Crippen LogP contribution in [0.2, 0.25) is 0 Å². The molecule has 1 amide bonds. The molecule has 3 aliphatic rings. The van der Waals surface area contributed by atoms with Crippen molar-refractivity contribution in [2.24, 2.45) is 11.8 Å². The molecule has 138 valence electrons. The molecular weight excluding hydrogens is 320 g/mol. The molecule has 6 heteroatoms. The highest BCUT2D eigenvalue weighted by Gasteiger charge is 2.43. The third kappa shape index (κ3) is 3.91. The summed E-state index contributed by atoms with van der Waals surface area (Å²) >= 11 is 0. The van der Waals surface area contributed by atoms with Gasteiger partial charge in [-0.05, 0) is 43.7 Å². The van der Waals surface area contributed by atoms with Gasteiger partial charge in [-0.3, -0.25) is 9.69 Å². The number of carbonyl (C=O) groups excluding carboxylic acids is 1. The van der Waals surface area contributed by atoms with E-state index >= 15 is 0 Å². The summed E-state index contributed by atoms with van der Waals surface area (Å²) in [7, 11) is 0. The summed E-state index contributed by atoms with van der Waals surface area (Å²) in [5.74, 6) is 1.38. The monoisotopic (exact) mass is 348 g/mol. The number of hydrogen-bond acceptors (Lipinski definition) is 5. The van der Waals surface area contributed by atoms with Crippen LogP contribution < -0.4 is 5.32 Å². The fraction of sp³-hybridized carbons (Fsp3) is 0.737. The predicted octanol–water partition coefficient (Wildman–Crippen LogP) is 1.92. The van der Waals surface area contributed by atoms with Crippen LogP contribution in [0.25, 0.3) is 0 Å². The smallest absolute Gasteiger partial charge is 0.286 e. The van der Waals surface area contributed by atoms with E-state index in [4.69, 9.17) is 13.9 Å². The average molecular weight is 348 g/mol. The van der Waals surface area contributed by atoms with Crippen molar-refractivity contribution >= 4 is 5.91 Å². The lowest BCUT2D eigenvalue weighted by Gasteiger charge is -2.41. The van der Waals surface area contributed by atoms with Crippen molar-refractivity contribution in [2.75, 3.05) is 39.5 Å². The van der Waals surface area contributed by atoms with Crippen LogP contribution in [0, 0.1) is 11.8 Å². The highest BCUT2D eigenvalue weighted by molar-refractivity contribution is 5.91. The summed E-state index contributed by atoms with van der Waals surface area (Å²) < 4.78 is 16.8. The Morgan fingerprint density at radius 1 is 1.20 bits per heavy atom. The molecule has 0 radical (unpaired) electrons. The summed E-state index contributed by atoms with van der Waals surface area (Å²) in [5.41, 5.74) is 0. The lowest BCUT2D eigenvalue weighted by atomic mass is 9.97. The maximum Gasteiger partial charge on any atom is 0.286 e. The molecule has 3 fully saturated rings. The Bertz CT molecular complexity index is 556.